The molecule has 22 heavy (non-hydrogen) atoms. The average molecular weight is 309 g/mol. The lowest BCUT2D eigenvalue weighted by Crippen LogP contribution is -2.40. The minimum Gasteiger partial charge on any atom is -0.496 e. The first-order valence-electron chi connectivity index (χ1n) is 7.98. The molecule has 1 fully saturated rings. The molecule has 2 rings (SSSR count). The lowest BCUT2D eigenvalue weighted by atomic mass is 9.93. The summed E-state index contributed by atoms with van der Waals surface area (Å²) < 4.78 is 10.8. The second kappa shape index (κ2) is 9.10. The van der Waals surface area contributed by atoms with Gasteiger partial charge in [0.15, 0.2) is 0 Å². The van der Waals surface area contributed by atoms with Crippen LogP contribution in [0, 0.1) is 0 Å². The zero-order valence-corrected chi connectivity index (χ0v) is 13.2. The Balaban J connectivity index is 1.62. The summed E-state index contributed by atoms with van der Waals surface area (Å²) in [6.07, 6.45) is 2.95. The van der Waals surface area contributed by atoms with Crippen molar-refractivity contribution in [1.82, 2.24) is 5.32 Å². The fourth-order valence-electron chi connectivity index (χ4n) is 2.77. The number of aliphatic hydroxyl groups excluding tert-OH is 2. The van der Waals surface area contributed by atoms with E-state index in [1.807, 2.05) is 24.3 Å². The fourth-order valence-corrected chi connectivity index (χ4v) is 2.77. The summed E-state index contributed by atoms with van der Waals surface area (Å²) in [5, 5.41) is 22.8. The van der Waals surface area contributed by atoms with Crippen LogP contribution in [0.15, 0.2) is 24.3 Å². The van der Waals surface area contributed by atoms with Crippen LogP contribution in [0.4, 0.5) is 0 Å². The van der Waals surface area contributed by atoms with E-state index in [2.05, 4.69) is 5.32 Å². The Kier molecular flexibility index (Phi) is 7.12. The molecule has 3 N–H and O–H groups in total. The number of nitrogens with one attached hydrogen (secondary N) is 1. The van der Waals surface area contributed by atoms with Crippen LogP contribution in [-0.4, -0.2) is 48.7 Å². The maximum atomic E-state index is 9.97. The third-order valence-electron chi connectivity index (χ3n) is 4.10. The van der Waals surface area contributed by atoms with E-state index in [1.165, 1.54) is 0 Å². The molecular formula is C17H27NO4. The molecule has 0 radical (unpaired) electrons. The van der Waals surface area contributed by atoms with Gasteiger partial charge in [-0.2, -0.15) is 0 Å². The highest BCUT2D eigenvalue weighted by Gasteiger charge is 2.19. The standard InChI is InChI=1S/C17H27NO4/c1-21-17-5-3-2-4-13(17)11-22-12-16(20)10-18-14-6-8-15(19)9-7-14/h2-5,14-16,18-20H,6-12H2,1H3. The monoisotopic (exact) mass is 309 g/mol. The smallest absolute Gasteiger partial charge is 0.124 e. The summed E-state index contributed by atoms with van der Waals surface area (Å²) in [5.74, 6) is 0.802. The summed E-state index contributed by atoms with van der Waals surface area (Å²) >= 11 is 0. The highest BCUT2D eigenvalue weighted by molar-refractivity contribution is 5.32. The SMILES string of the molecule is COc1ccccc1COCC(O)CNC1CCC(O)CC1. The Bertz CT molecular complexity index is 432. The Hall–Kier alpha value is -1.14. The Morgan fingerprint density at radius 3 is 2.68 bits per heavy atom. The molecule has 1 aromatic carbocycles. The van der Waals surface area contributed by atoms with Gasteiger partial charge in [0, 0.05) is 18.2 Å². The molecule has 0 amide bonds. The van der Waals surface area contributed by atoms with Gasteiger partial charge in [-0.25, -0.2) is 0 Å². The van der Waals surface area contributed by atoms with Crippen molar-refractivity contribution < 1.29 is 19.7 Å². The zero-order valence-electron chi connectivity index (χ0n) is 13.2. The van der Waals surface area contributed by atoms with Crippen molar-refractivity contribution in [1.29, 1.82) is 0 Å². The van der Waals surface area contributed by atoms with Crippen LogP contribution in [0.3, 0.4) is 0 Å². The van der Waals surface area contributed by atoms with E-state index >= 15 is 0 Å². The van der Waals surface area contributed by atoms with E-state index in [9.17, 15) is 10.2 Å². The van der Waals surface area contributed by atoms with Gasteiger partial charge in [-0.05, 0) is 31.7 Å². The lowest BCUT2D eigenvalue weighted by molar-refractivity contribution is 0.0251. The Morgan fingerprint density at radius 1 is 1.23 bits per heavy atom. The molecule has 0 spiro atoms. The molecule has 1 aliphatic rings. The molecule has 0 bridgehead atoms. The summed E-state index contributed by atoms with van der Waals surface area (Å²) in [6, 6.07) is 8.11. The van der Waals surface area contributed by atoms with Crippen molar-refractivity contribution >= 4 is 0 Å². The van der Waals surface area contributed by atoms with Crippen LogP contribution in [-0.2, 0) is 11.3 Å². The van der Waals surface area contributed by atoms with Crippen LogP contribution < -0.4 is 10.1 Å². The highest BCUT2D eigenvalue weighted by atomic mass is 16.5. The molecule has 124 valence electrons. The summed E-state index contributed by atoms with van der Waals surface area (Å²) in [4.78, 5) is 0. The Morgan fingerprint density at radius 2 is 1.95 bits per heavy atom. The topological polar surface area (TPSA) is 71.0 Å². The van der Waals surface area contributed by atoms with Gasteiger partial charge in [-0.3, -0.25) is 0 Å². The summed E-state index contributed by atoms with van der Waals surface area (Å²) in [6.45, 7) is 1.24. The molecule has 1 aliphatic carbocycles. The minimum atomic E-state index is -0.526. The highest BCUT2D eigenvalue weighted by Crippen LogP contribution is 2.19. The van der Waals surface area contributed by atoms with Crippen molar-refractivity contribution in [2.75, 3.05) is 20.3 Å². The number of hydrogen-bond acceptors (Lipinski definition) is 5. The predicted octanol–water partition coefficient (Wildman–Crippen LogP) is 1.47. The third-order valence-corrected chi connectivity index (χ3v) is 4.10. The van der Waals surface area contributed by atoms with Crippen LogP contribution in [0.5, 0.6) is 5.75 Å². The molecule has 0 aromatic heterocycles. The molecule has 1 aromatic rings. The van der Waals surface area contributed by atoms with E-state index in [4.69, 9.17) is 9.47 Å². The van der Waals surface area contributed by atoms with Gasteiger partial charge in [0.2, 0.25) is 0 Å². The second-order valence-electron chi connectivity index (χ2n) is 5.89. The third kappa shape index (κ3) is 5.57. The number of aliphatic hydroxyl groups is 2. The maximum Gasteiger partial charge on any atom is 0.124 e. The number of ether oxygens (including phenoxy) is 2. The van der Waals surface area contributed by atoms with E-state index < -0.39 is 6.10 Å². The number of rotatable bonds is 8. The normalized spacial score (nSPS) is 23.2. The predicted molar refractivity (Wildman–Crippen MR) is 84.9 cm³/mol. The maximum absolute atomic E-state index is 9.97. The molecule has 1 atom stereocenters. The van der Waals surface area contributed by atoms with E-state index in [1.54, 1.807) is 7.11 Å². The van der Waals surface area contributed by atoms with Gasteiger partial charge in [-0.1, -0.05) is 18.2 Å². The number of para-hydroxylation sites is 1. The largest absolute Gasteiger partial charge is 0.496 e. The first kappa shape index (κ1) is 17.2. The molecule has 1 saturated carbocycles. The van der Waals surface area contributed by atoms with Gasteiger partial charge in [0.05, 0.1) is 32.5 Å². The van der Waals surface area contributed by atoms with Crippen LogP contribution in [0.1, 0.15) is 31.2 Å². The quantitative estimate of drug-likeness (QED) is 0.678. The van der Waals surface area contributed by atoms with Crippen molar-refractivity contribution in [2.24, 2.45) is 0 Å². The molecule has 0 aliphatic heterocycles. The second-order valence-corrected chi connectivity index (χ2v) is 5.89. The zero-order chi connectivity index (χ0) is 15.8. The number of methoxy groups -OCH3 is 1. The van der Waals surface area contributed by atoms with Gasteiger partial charge >= 0.3 is 0 Å². The molecule has 1 unspecified atom stereocenters. The average Bonchev–Trinajstić information content (AvgIpc) is 2.55. The van der Waals surface area contributed by atoms with E-state index in [-0.39, 0.29) is 6.10 Å². The number of hydrogen-bond donors (Lipinski definition) is 3. The van der Waals surface area contributed by atoms with Gasteiger partial charge in [-0.15, -0.1) is 0 Å². The fraction of sp³-hybridized carbons (Fsp3) is 0.647. The van der Waals surface area contributed by atoms with E-state index in [0.29, 0.717) is 25.8 Å². The van der Waals surface area contributed by atoms with Gasteiger partial charge in [0.1, 0.15) is 5.75 Å². The summed E-state index contributed by atoms with van der Waals surface area (Å²) in [5.41, 5.74) is 0.978. The van der Waals surface area contributed by atoms with Crippen molar-refractivity contribution in [3.8, 4) is 5.75 Å². The molecule has 5 heteroatoms. The Labute approximate surface area is 132 Å². The van der Waals surface area contributed by atoms with Crippen LogP contribution in [0.25, 0.3) is 0 Å². The van der Waals surface area contributed by atoms with Crippen molar-refractivity contribution in [3.63, 3.8) is 0 Å². The van der Waals surface area contributed by atoms with Gasteiger partial charge < -0.3 is 25.0 Å². The summed E-state index contributed by atoms with van der Waals surface area (Å²) in [7, 11) is 1.64. The van der Waals surface area contributed by atoms with Gasteiger partial charge in [0.25, 0.3) is 0 Å². The van der Waals surface area contributed by atoms with Crippen molar-refractivity contribution in [3.05, 3.63) is 29.8 Å². The number of benzene rings is 1. The molecule has 5 nitrogen and oxygen atoms in total. The first-order chi connectivity index (χ1) is 10.7. The van der Waals surface area contributed by atoms with E-state index in [0.717, 1.165) is 37.0 Å². The lowest BCUT2D eigenvalue weighted by Gasteiger charge is -2.27. The van der Waals surface area contributed by atoms with Crippen LogP contribution >= 0.6 is 0 Å². The molecule has 0 heterocycles. The molecular weight excluding hydrogens is 282 g/mol. The first-order valence-corrected chi connectivity index (χ1v) is 7.98. The van der Waals surface area contributed by atoms with Crippen molar-refractivity contribution in [2.45, 2.75) is 50.5 Å². The van der Waals surface area contributed by atoms with Crippen LogP contribution in [0.2, 0.25) is 0 Å². The minimum absolute atomic E-state index is 0.146. The molecule has 0 saturated heterocycles.